The van der Waals surface area contributed by atoms with Crippen LogP contribution in [0.3, 0.4) is 0 Å². The first-order chi connectivity index (χ1) is 14.5. The van der Waals surface area contributed by atoms with Gasteiger partial charge in [0, 0.05) is 17.5 Å². The molecule has 0 unspecified atom stereocenters. The molecule has 30 heavy (non-hydrogen) atoms. The van der Waals surface area contributed by atoms with Crippen LogP contribution >= 0.6 is 23.2 Å². The second kappa shape index (κ2) is 7.95. The van der Waals surface area contributed by atoms with Gasteiger partial charge in [-0.05, 0) is 74.0 Å². The van der Waals surface area contributed by atoms with Crippen LogP contribution in [0.4, 0.5) is 4.39 Å². The maximum atomic E-state index is 13.9. The van der Waals surface area contributed by atoms with E-state index in [9.17, 15) is 4.39 Å². The molecule has 1 aliphatic carbocycles. The Kier molecular flexibility index (Phi) is 5.30. The van der Waals surface area contributed by atoms with Crippen LogP contribution in [-0.4, -0.2) is 26.7 Å². The van der Waals surface area contributed by atoms with Gasteiger partial charge in [0.05, 0.1) is 17.3 Å². The maximum absolute atomic E-state index is 13.9. The summed E-state index contributed by atoms with van der Waals surface area (Å²) >= 11 is 12.5. The third-order valence-corrected chi connectivity index (χ3v) is 7.04. The number of fused-ring (bicyclic) bond motifs is 3. The predicted molar refractivity (Wildman–Crippen MR) is 117 cm³/mol. The van der Waals surface area contributed by atoms with Gasteiger partial charge in [0.2, 0.25) is 0 Å². The van der Waals surface area contributed by atoms with E-state index in [1.165, 1.54) is 11.6 Å². The van der Waals surface area contributed by atoms with Gasteiger partial charge in [0.15, 0.2) is 5.82 Å². The summed E-state index contributed by atoms with van der Waals surface area (Å²) < 4.78 is 16.1. The van der Waals surface area contributed by atoms with Crippen molar-refractivity contribution >= 4 is 23.2 Å². The van der Waals surface area contributed by atoms with Gasteiger partial charge in [-0.25, -0.2) is 4.39 Å². The van der Waals surface area contributed by atoms with Gasteiger partial charge in [0.1, 0.15) is 11.6 Å². The highest BCUT2D eigenvalue weighted by molar-refractivity contribution is 6.31. The summed E-state index contributed by atoms with van der Waals surface area (Å²) in [7, 11) is 2.09. The number of nitrogens with zero attached hydrogens (tertiary/aromatic N) is 4. The number of hydrogen-bond acceptors (Lipinski definition) is 3. The van der Waals surface area contributed by atoms with Crippen LogP contribution in [0.5, 0.6) is 0 Å². The fourth-order valence-corrected chi connectivity index (χ4v) is 5.42. The summed E-state index contributed by atoms with van der Waals surface area (Å²) in [5.74, 6) is 2.25. The number of benzene rings is 2. The van der Waals surface area contributed by atoms with E-state index in [-0.39, 0.29) is 16.8 Å². The minimum absolute atomic E-state index is 0.270. The fraction of sp³-hybridized carbons (Fsp3) is 0.391. The van der Waals surface area contributed by atoms with E-state index in [4.69, 9.17) is 23.2 Å². The number of halogens is 3. The molecule has 1 aliphatic heterocycles. The lowest BCUT2D eigenvalue weighted by Crippen LogP contribution is -2.17. The fourth-order valence-electron chi connectivity index (χ4n) is 4.94. The van der Waals surface area contributed by atoms with Gasteiger partial charge in [0.25, 0.3) is 0 Å². The molecule has 0 amide bonds. The molecule has 0 atom stereocenters. The molecule has 0 radical (unpaired) electrons. The first-order valence-corrected chi connectivity index (χ1v) is 11.1. The summed E-state index contributed by atoms with van der Waals surface area (Å²) in [5.41, 5.74) is 3.23. The van der Waals surface area contributed by atoms with Crippen LogP contribution in [-0.2, 0) is 13.1 Å². The molecule has 1 aromatic heterocycles. The Labute approximate surface area is 185 Å². The third-order valence-electron chi connectivity index (χ3n) is 6.40. The largest absolute Gasteiger partial charge is 0.295 e. The van der Waals surface area contributed by atoms with Gasteiger partial charge in [-0.1, -0.05) is 35.3 Å². The van der Waals surface area contributed by atoms with Crippen LogP contribution in [0, 0.1) is 5.82 Å². The number of hydrogen-bond donors (Lipinski definition) is 0. The highest BCUT2D eigenvalue weighted by Gasteiger charge is 2.31. The molecule has 2 aromatic carbocycles. The zero-order valence-corrected chi connectivity index (χ0v) is 18.3. The first kappa shape index (κ1) is 20.0. The summed E-state index contributed by atoms with van der Waals surface area (Å²) in [4.78, 5) is 2.23. The molecule has 1 saturated carbocycles. The second-order valence-electron chi connectivity index (χ2n) is 8.45. The Hall–Kier alpha value is -1.95. The zero-order chi connectivity index (χ0) is 20.8. The van der Waals surface area contributed by atoms with Crippen molar-refractivity contribution in [1.29, 1.82) is 0 Å². The van der Waals surface area contributed by atoms with Crippen molar-refractivity contribution < 1.29 is 4.39 Å². The van der Waals surface area contributed by atoms with Crippen molar-refractivity contribution in [2.75, 3.05) is 7.05 Å². The molecule has 0 N–H and O–H groups in total. The van der Waals surface area contributed by atoms with Crippen LogP contribution in [0.15, 0.2) is 36.4 Å². The second-order valence-corrected chi connectivity index (χ2v) is 9.26. The van der Waals surface area contributed by atoms with Crippen LogP contribution in [0.1, 0.15) is 60.3 Å². The van der Waals surface area contributed by atoms with Crippen molar-refractivity contribution in [2.24, 2.45) is 0 Å². The van der Waals surface area contributed by atoms with E-state index in [1.54, 1.807) is 6.07 Å². The van der Waals surface area contributed by atoms with E-state index >= 15 is 0 Å². The van der Waals surface area contributed by atoms with Crippen molar-refractivity contribution in [3.05, 3.63) is 75.0 Å². The molecule has 0 saturated heterocycles. The standard InChI is InChI=1S/C23H23Cl2FN4/c1-29-12-16-11-17(24)9-10-20(16)30-21(13-29)27-28-23(30)15-7-5-14(6-8-15)18-3-2-4-19(26)22(18)25/h2-4,9-11,14-15H,5-8,12-13H2,1H3. The van der Waals surface area contributed by atoms with E-state index < -0.39 is 0 Å². The number of rotatable bonds is 2. The molecule has 156 valence electrons. The Morgan fingerprint density at radius 2 is 1.73 bits per heavy atom. The van der Waals surface area contributed by atoms with Crippen molar-refractivity contribution in [2.45, 2.75) is 50.6 Å². The zero-order valence-electron chi connectivity index (χ0n) is 16.8. The lowest BCUT2D eigenvalue weighted by atomic mass is 9.78. The molecule has 4 nitrogen and oxygen atoms in total. The van der Waals surface area contributed by atoms with E-state index in [0.717, 1.165) is 66.7 Å². The molecular formula is C23H23Cl2FN4. The van der Waals surface area contributed by atoms with Crippen LogP contribution < -0.4 is 0 Å². The smallest absolute Gasteiger partial charge is 0.151 e. The summed E-state index contributed by atoms with van der Waals surface area (Å²) in [6, 6.07) is 11.2. The molecule has 7 heteroatoms. The van der Waals surface area contributed by atoms with E-state index in [2.05, 4.69) is 32.8 Å². The SMILES string of the molecule is CN1Cc2cc(Cl)ccc2-n2c(nnc2C2CCC(c3cccc(F)c3Cl)CC2)C1. The topological polar surface area (TPSA) is 34.0 Å². The quantitative estimate of drug-likeness (QED) is 0.478. The molecule has 2 aliphatic rings. The molecule has 3 aromatic rings. The Balaban J connectivity index is 1.44. The van der Waals surface area contributed by atoms with Crippen molar-refractivity contribution in [3.8, 4) is 5.69 Å². The van der Waals surface area contributed by atoms with Gasteiger partial charge in [-0.15, -0.1) is 10.2 Å². The molecular weight excluding hydrogens is 422 g/mol. The molecule has 1 fully saturated rings. The van der Waals surface area contributed by atoms with Gasteiger partial charge >= 0.3 is 0 Å². The molecule has 5 rings (SSSR count). The summed E-state index contributed by atoms with van der Waals surface area (Å²) in [5, 5.41) is 10.2. The molecule has 0 spiro atoms. The Bertz CT molecular complexity index is 1090. The lowest BCUT2D eigenvalue weighted by Gasteiger charge is -2.29. The highest BCUT2D eigenvalue weighted by atomic mass is 35.5. The normalized spacial score (nSPS) is 21.7. The Morgan fingerprint density at radius 3 is 2.53 bits per heavy atom. The van der Waals surface area contributed by atoms with Gasteiger partial charge < -0.3 is 0 Å². The lowest BCUT2D eigenvalue weighted by molar-refractivity contribution is 0.315. The number of aromatic nitrogens is 3. The minimum Gasteiger partial charge on any atom is -0.295 e. The van der Waals surface area contributed by atoms with Gasteiger partial charge in [-0.2, -0.15) is 0 Å². The highest BCUT2D eigenvalue weighted by Crippen LogP contribution is 2.43. The average Bonchev–Trinajstić information content (AvgIpc) is 3.07. The molecule has 2 heterocycles. The van der Waals surface area contributed by atoms with Crippen molar-refractivity contribution in [1.82, 2.24) is 19.7 Å². The predicted octanol–water partition coefficient (Wildman–Crippen LogP) is 6.10. The molecule has 0 bridgehead atoms. The summed E-state index contributed by atoms with van der Waals surface area (Å²) in [6.45, 7) is 1.57. The van der Waals surface area contributed by atoms with Crippen LogP contribution in [0.25, 0.3) is 5.69 Å². The average molecular weight is 445 g/mol. The minimum atomic E-state index is -0.335. The van der Waals surface area contributed by atoms with E-state index in [1.807, 2.05) is 18.2 Å². The third kappa shape index (κ3) is 3.53. The van der Waals surface area contributed by atoms with Gasteiger partial charge in [-0.3, -0.25) is 9.47 Å². The van der Waals surface area contributed by atoms with E-state index in [0.29, 0.717) is 5.92 Å². The monoisotopic (exact) mass is 444 g/mol. The Morgan fingerprint density at radius 1 is 0.967 bits per heavy atom. The first-order valence-electron chi connectivity index (χ1n) is 10.4. The van der Waals surface area contributed by atoms with Crippen molar-refractivity contribution in [3.63, 3.8) is 0 Å². The summed E-state index contributed by atoms with van der Waals surface area (Å²) in [6.07, 6.45) is 3.88. The maximum Gasteiger partial charge on any atom is 0.151 e. The van der Waals surface area contributed by atoms with Crippen LogP contribution in [0.2, 0.25) is 10.0 Å².